The van der Waals surface area contributed by atoms with Gasteiger partial charge in [0.05, 0.1) is 17.2 Å². The Morgan fingerprint density at radius 3 is 2.35 bits per heavy atom. The fraction of sp³-hybridized carbons (Fsp3) is 0.250. The number of hydrogen-bond donors (Lipinski definition) is 2. The van der Waals surface area contributed by atoms with E-state index in [1.165, 1.54) is 0 Å². The summed E-state index contributed by atoms with van der Waals surface area (Å²) in [5, 5.41) is 5.40. The summed E-state index contributed by atoms with van der Waals surface area (Å²) in [6.45, 7) is 1.60. The Labute approximate surface area is 151 Å². The van der Waals surface area contributed by atoms with Crippen LogP contribution in [0.5, 0.6) is 0 Å². The second-order valence-corrected chi connectivity index (χ2v) is 6.34. The third-order valence-corrected chi connectivity index (χ3v) is 4.24. The molecule has 0 bridgehead atoms. The van der Waals surface area contributed by atoms with Crippen LogP contribution in [-0.2, 0) is 14.3 Å². The molecular weight excluding hydrogens is 332 g/mol. The van der Waals surface area contributed by atoms with Crippen molar-refractivity contribution in [3.8, 4) is 0 Å². The normalized spacial score (nSPS) is 17.9. The van der Waals surface area contributed by atoms with Crippen LogP contribution in [0.1, 0.15) is 23.7 Å². The van der Waals surface area contributed by atoms with Crippen molar-refractivity contribution in [2.75, 3.05) is 17.2 Å². The number of rotatable bonds is 6. The summed E-state index contributed by atoms with van der Waals surface area (Å²) in [6, 6.07) is 15.7. The molecule has 2 aromatic rings. The average Bonchev–Trinajstić information content (AvgIpc) is 3.38. The van der Waals surface area contributed by atoms with Gasteiger partial charge in [0.25, 0.3) is 11.8 Å². The van der Waals surface area contributed by atoms with Crippen LogP contribution < -0.4 is 10.6 Å². The van der Waals surface area contributed by atoms with E-state index in [2.05, 4.69) is 10.6 Å². The lowest BCUT2D eigenvalue weighted by Gasteiger charge is -2.11. The van der Waals surface area contributed by atoms with Crippen LogP contribution in [0, 0.1) is 11.8 Å². The van der Waals surface area contributed by atoms with E-state index in [-0.39, 0.29) is 24.4 Å². The zero-order valence-electron chi connectivity index (χ0n) is 14.4. The summed E-state index contributed by atoms with van der Waals surface area (Å²) >= 11 is 0. The minimum Gasteiger partial charge on any atom is -0.455 e. The molecule has 1 aliphatic rings. The third-order valence-electron chi connectivity index (χ3n) is 4.24. The highest BCUT2D eigenvalue weighted by Gasteiger charge is 2.40. The first kappa shape index (κ1) is 17.7. The highest BCUT2D eigenvalue weighted by Crippen LogP contribution is 2.38. The van der Waals surface area contributed by atoms with Gasteiger partial charge in [0, 0.05) is 5.69 Å². The molecule has 1 saturated carbocycles. The predicted molar refractivity (Wildman–Crippen MR) is 97.7 cm³/mol. The zero-order valence-corrected chi connectivity index (χ0v) is 14.4. The molecule has 0 saturated heterocycles. The maximum atomic E-state index is 12.5. The molecule has 3 rings (SSSR count). The Kier molecular flexibility index (Phi) is 5.31. The molecule has 2 aromatic carbocycles. The van der Waals surface area contributed by atoms with Crippen molar-refractivity contribution in [3.63, 3.8) is 0 Å². The first-order valence-corrected chi connectivity index (χ1v) is 8.46. The summed E-state index contributed by atoms with van der Waals surface area (Å²) in [6.07, 6.45) is 0.808. The molecule has 0 heterocycles. The maximum Gasteiger partial charge on any atom is 0.309 e. The monoisotopic (exact) mass is 352 g/mol. The van der Waals surface area contributed by atoms with E-state index in [1.807, 2.05) is 25.1 Å². The molecule has 0 aliphatic heterocycles. The van der Waals surface area contributed by atoms with E-state index in [9.17, 15) is 14.4 Å². The van der Waals surface area contributed by atoms with Crippen molar-refractivity contribution in [3.05, 3.63) is 60.2 Å². The Bertz CT molecular complexity index is 820. The van der Waals surface area contributed by atoms with Gasteiger partial charge in [-0.25, -0.2) is 0 Å². The molecule has 2 atom stereocenters. The number of hydrogen-bond acceptors (Lipinski definition) is 4. The van der Waals surface area contributed by atoms with E-state index in [0.29, 0.717) is 22.9 Å². The van der Waals surface area contributed by atoms with Gasteiger partial charge in [0.15, 0.2) is 6.61 Å². The minimum absolute atomic E-state index is 0.0910. The SMILES string of the molecule is C[C@H]1C[C@@H]1C(=O)OCC(=O)Nc1ccccc1C(=O)Nc1ccccc1. The molecule has 0 spiro atoms. The number of nitrogens with one attached hydrogen (secondary N) is 2. The molecule has 0 aromatic heterocycles. The van der Waals surface area contributed by atoms with Gasteiger partial charge in [-0.1, -0.05) is 37.3 Å². The van der Waals surface area contributed by atoms with Crippen molar-refractivity contribution >= 4 is 29.2 Å². The summed E-state index contributed by atoms with van der Waals surface area (Å²) in [7, 11) is 0. The van der Waals surface area contributed by atoms with E-state index < -0.39 is 5.91 Å². The fourth-order valence-electron chi connectivity index (χ4n) is 2.59. The summed E-state index contributed by atoms with van der Waals surface area (Å²) in [5.74, 6) is -0.926. The van der Waals surface area contributed by atoms with E-state index in [4.69, 9.17) is 4.74 Å². The van der Waals surface area contributed by atoms with Crippen molar-refractivity contribution < 1.29 is 19.1 Å². The fourth-order valence-corrected chi connectivity index (χ4v) is 2.59. The van der Waals surface area contributed by atoms with Crippen LogP contribution in [0.25, 0.3) is 0 Å². The molecular formula is C20H20N2O4. The second-order valence-electron chi connectivity index (χ2n) is 6.34. The van der Waals surface area contributed by atoms with Crippen molar-refractivity contribution in [1.82, 2.24) is 0 Å². The second kappa shape index (κ2) is 7.82. The molecule has 2 N–H and O–H groups in total. The number of esters is 1. The summed E-state index contributed by atoms with van der Waals surface area (Å²) in [4.78, 5) is 36.2. The van der Waals surface area contributed by atoms with E-state index in [1.54, 1.807) is 36.4 Å². The van der Waals surface area contributed by atoms with Crippen LogP contribution >= 0.6 is 0 Å². The van der Waals surface area contributed by atoms with Crippen LogP contribution in [-0.4, -0.2) is 24.4 Å². The first-order chi connectivity index (χ1) is 12.5. The van der Waals surface area contributed by atoms with Gasteiger partial charge in [-0.3, -0.25) is 14.4 Å². The topological polar surface area (TPSA) is 84.5 Å². The lowest BCUT2D eigenvalue weighted by atomic mass is 10.1. The van der Waals surface area contributed by atoms with Crippen LogP contribution in [0.2, 0.25) is 0 Å². The highest BCUT2D eigenvalue weighted by atomic mass is 16.5. The Morgan fingerprint density at radius 2 is 1.65 bits per heavy atom. The standard InChI is InChI=1S/C20H20N2O4/c1-13-11-16(13)20(25)26-12-18(23)22-17-10-6-5-9-15(17)19(24)21-14-7-3-2-4-8-14/h2-10,13,16H,11-12H2,1H3,(H,21,24)(H,22,23)/t13-,16-/m0/s1. The van der Waals surface area contributed by atoms with Crippen LogP contribution in [0.4, 0.5) is 11.4 Å². The van der Waals surface area contributed by atoms with Gasteiger partial charge in [0.2, 0.25) is 0 Å². The number of carbonyl (C=O) groups is 3. The Balaban J connectivity index is 1.60. The smallest absolute Gasteiger partial charge is 0.309 e. The average molecular weight is 352 g/mol. The Hall–Kier alpha value is -3.15. The molecule has 1 aliphatic carbocycles. The third kappa shape index (κ3) is 4.47. The molecule has 0 radical (unpaired) electrons. The first-order valence-electron chi connectivity index (χ1n) is 8.46. The number of carbonyl (C=O) groups excluding carboxylic acids is 3. The molecule has 0 unspecified atom stereocenters. The number of ether oxygens (including phenoxy) is 1. The molecule has 1 fully saturated rings. The number of para-hydroxylation sites is 2. The van der Waals surface area contributed by atoms with E-state index in [0.717, 1.165) is 6.42 Å². The predicted octanol–water partition coefficient (Wildman–Crippen LogP) is 3.08. The quantitative estimate of drug-likeness (QED) is 0.783. The van der Waals surface area contributed by atoms with E-state index >= 15 is 0 Å². The molecule has 6 heteroatoms. The number of benzene rings is 2. The summed E-state index contributed by atoms with van der Waals surface area (Å²) < 4.78 is 5.01. The van der Waals surface area contributed by atoms with Crippen molar-refractivity contribution in [2.24, 2.45) is 11.8 Å². The number of anilines is 2. The van der Waals surface area contributed by atoms with Gasteiger partial charge in [-0.05, 0) is 36.6 Å². The van der Waals surface area contributed by atoms with Gasteiger partial charge in [0.1, 0.15) is 0 Å². The Morgan fingerprint density at radius 1 is 1.00 bits per heavy atom. The highest BCUT2D eigenvalue weighted by molar-refractivity contribution is 6.10. The number of amides is 2. The van der Waals surface area contributed by atoms with Gasteiger partial charge >= 0.3 is 5.97 Å². The molecule has 2 amide bonds. The van der Waals surface area contributed by atoms with Crippen LogP contribution in [0.15, 0.2) is 54.6 Å². The lowest BCUT2D eigenvalue weighted by molar-refractivity contribution is -0.148. The maximum absolute atomic E-state index is 12.5. The summed E-state index contributed by atoms with van der Waals surface area (Å²) in [5.41, 5.74) is 1.35. The molecule has 134 valence electrons. The molecule has 26 heavy (non-hydrogen) atoms. The van der Waals surface area contributed by atoms with Crippen LogP contribution in [0.3, 0.4) is 0 Å². The lowest BCUT2D eigenvalue weighted by Crippen LogP contribution is -2.23. The van der Waals surface area contributed by atoms with Crippen molar-refractivity contribution in [1.29, 1.82) is 0 Å². The van der Waals surface area contributed by atoms with Gasteiger partial charge < -0.3 is 15.4 Å². The van der Waals surface area contributed by atoms with Crippen molar-refractivity contribution in [2.45, 2.75) is 13.3 Å². The van der Waals surface area contributed by atoms with Gasteiger partial charge in [-0.2, -0.15) is 0 Å². The zero-order chi connectivity index (χ0) is 18.5. The minimum atomic E-state index is -0.480. The molecule has 6 nitrogen and oxygen atoms in total. The largest absolute Gasteiger partial charge is 0.455 e. The van der Waals surface area contributed by atoms with Gasteiger partial charge in [-0.15, -0.1) is 0 Å².